The van der Waals surface area contributed by atoms with Gasteiger partial charge in [-0.3, -0.25) is 9.59 Å². The number of carbonyl (C=O) groups is 2. The molecule has 8 nitrogen and oxygen atoms in total. The molecule has 0 spiro atoms. The Bertz CT molecular complexity index is 867. The molecular formula is C16H15F2N5O3. The predicted octanol–water partition coefficient (Wildman–Crippen LogP) is 1.61. The number of pyridine rings is 1. The van der Waals surface area contributed by atoms with E-state index >= 15 is 0 Å². The van der Waals surface area contributed by atoms with Gasteiger partial charge in [-0.1, -0.05) is 5.16 Å². The maximum absolute atomic E-state index is 13.9. The van der Waals surface area contributed by atoms with Gasteiger partial charge in [0.2, 0.25) is 5.89 Å². The van der Waals surface area contributed by atoms with E-state index in [1.54, 1.807) is 0 Å². The Morgan fingerprint density at radius 3 is 2.81 bits per heavy atom. The fourth-order valence-electron chi connectivity index (χ4n) is 2.91. The number of amides is 2. The van der Waals surface area contributed by atoms with Gasteiger partial charge in [0.15, 0.2) is 11.5 Å². The van der Waals surface area contributed by atoms with Crippen molar-refractivity contribution in [1.82, 2.24) is 25.3 Å². The molecular weight excluding hydrogens is 348 g/mol. The molecule has 2 aromatic rings. The van der Waals surface area contributed by atoms with E-state index in [0.717, 1.165) is 19.0 Å². The quantitative estimate of drug-likeness (QED) is 0.886. The number of hydrogen-bond donors (Lipinski definition) is 1. The zero-order valence-electron chi connectivity index (χ0n) is 13.6. The highest BCUT2D eigenvalue weighted by molar-refractivity contribution is 5.93. The molecule has 4 rings (SSSR count). The molecule has 2 fully saturated rings. The van der Waals surface area contributed by atoms with Crippen molar-refractivity contribution in [2.75, 3.05) is 6.54 Å². The fourth-order valence-corrected chi connectivity index (χ4v) is 2.91. The first-order valence-electron chi connectivity index (χ1n) is 8.29. The highest BCUT2D eigenvalue weighted by atomic mass is 19.1. The topological polar surface area (TPSA) is 101 Å². The monoisotopic (exact) mass is 363 g/mol. The van der Waals surface area contributed by atoms with Gasteiger partial charge >= 0.3 is 0 Å². The van der Waals surface area contributed by atoms with Gasteiger partial charge in [0, 0.05) is 18.7 Å². The van der Waals surface area contributed by atoms with Crippen molar-refractivity contribution < 1.29 is 22.9 Å². The van der Waals surface area contributed by atoms with Crippen LogP contribution in [0.3, 0.4) is 0 Å². The molecule has 1 N–H and O–H groups in total. The van der Waals surface area contributed by atoms with Crippen LogP contribution in [0.25, 0.3) is 0 Å². The summed E-state index contributed by atoms with van der Waals surface area (Å²) in [5.74, 6) is -3.00. The summed E-state index contributed by atoms with van der Waals surface area (Å²) in [6.45, 7) is 0.341. The predicted molar refractivity (Wildman–Crippen MR) is 82.0 cm³/mol. The minimum atomic E-state index is -1.03. The molecule has 1 saturated carbocycles. The average molecular weight is 363 g/mol. The number of likely N-dealkylation sites (tertiary alicyclic amines) is 1. The highest BCUT2D eigenvalue weighted by Crippen LogP contribution is 2.32. The van der Waals surface area contributed by atoms with Gasteiger partial charge < -0.3 is 14.7 Å². The summed E-state index contributed by atoms with van der Waals surface area (Å²) < 4.78 is 32.0. The Labute approximate surface area is 146 Å². The molecule has 1 aliphatic heterocycles. The summed E-state index contributed by atoms with van der Waals surface area (Å²) in [6, 6.07) is 0.184. The zero-order chi connectivity index (χ0) is 18.3. The molecule has 0 aromatic carbocycles. The second-order valence-corrected chi connectivity index (χ2v) is 6.34. The summed E-state index contributed by atoms with van der Waals surface area (Å²) in [5, 5.41) is 6.41. The van der Waals surface area contributed by atoms with Gasteiger partial charge in [-0.25, -0.2) is 13.8 Å². The summed E-state index contributed by atoms with van der Waals surface area (Å²) >= 11 is 0. The summed E-state index contributed by atoms with van der Waals surface area (Å²) in [7, 11) is 0. The summed E-state index contributed by atoms with van der Waals surface area (Å²) in [5.41, 5.74) is -0.468. The molecule has 0 bridgehead atoms. The molecule has 3 heterocycles. The Morgan fingerprint density at radius 1 is 1.27 bits per heavy atom. The second-order valence-electron chi connectivity index (χ2n) is 6.34. The maximum Gasteiger partial charge on any atom is 0.292 e. The Balaban J connectivity index is 1.53. The van der Waals surface area contributed by atoms with Crippen molar-refractivity contribution in [1.29, 1.82) is 0 Å². The van der Waals surface area contributed by atoms with Crippen LogP contribution in [0.1, 0.15) is 58.7 Å². The normalized spacial score (nSPS) is 19.6. The van der Waals surface area contributed by atoms with E-state index in [4.69, 9.17) is 4.52 Å². The lowest BCUT2D eigenvalue weighted by atomic mass is 10.2. The second kappa shape index (κ2) is 6.43. The summed E-state index contributed by atoms with van der Waals surface area (Å²) in [4.78, 5) is 33.5. The van der Waals surface area contributed by atoms with Gasteiger partial charge in [-0.2, -0.15) is 4.98 Å². The van der Waals surface area contributed by atoms with Crippen LogP contribution >= 0.6 is 0 Å². The molecule has 1 aliphatic carbocycles. The van der Waals surface area contributed by atoms with E-state index in [1.165, 1.54) is 4.90 Å². The van der Waals surface area contributed by atoms with Crippen LogP contribution in [0.15, 0.2) is 16.8 Å². The van der Waals surface area contributed by atoms with Crippen LogP contribution in [-0.2, 0) is 0 Å². The number of nitrogens with zero attached hydrogens (tertiary/aromatic N) is 4. The molecule has 136 valence electrons. The number of rotatable bonds is 4. The molecule has 26 heavy (non-hydrogen) atoms. The SMILES string of the molecule is O=C(NC1CC1)c1noc(C2CCCN2C(=O)c2ncc(F)cc2F)n1. The van der Waals surface area contributed by atoms with E-state index < -0.39 is 35.2 Å². The molecule has 1 unspecified atom stereocenters. The van der Waals surface area contributed by atoms with Crippen molar-refractivity contribution in [3.63, 3.8) is 0 Å². The first-order chi connectivity index (χ1) is 12.5. The third kappa shape index (κ3) is 3.14. The van der Waals surface area contributed by atoms with Crippen LogP contribution in [0.4, 0.5) is 8.78 Å². The Morgan fingerprint density at radius 2 is 2.08 bits per heavy atom. The highest BCUT2D eigenvalue weighted by Gasteiger charge is 2.37. The number of hydrogen-bond acceptors (Lipinski definition) is 6. The first kappa shape index (κ1) is 16.6. The number of carbonyl (C=O) groups excluding carboxylic acids is 2. The van der Waals surface area contributed by atoms with Gasteiger partial charge in [0.25, 0.3) is 17.6 Å². The lowest BCUT2D eigenvalue weighted by Gasteiger charge is -2.21. The third-order valence-electron chi connectivity index (χ3n) is 4.37. The minimum absolute atomic E-state index is 0.0997. The van der Waals surface area contributed by atoms with Crippen LogP contribution in [0.2, 0.25) is 0 Å². The lowest BCUT2D eigenvalue weighted by Crippen LogP contribution is -2.32. The van der Waals surface area contributed by atoms with E-state index in [0.29, 0.717) is 25.5 Å². The van der Waals surface area contributed by atoms with E-state index in [9.17, 15) is 18.4 Å². The van der Waals surface area contributed by atoms with Crippen molar-refractivity contribution in [3.05, 3.63) is 41.3 Å². The van der Waals surface area contributed by atoms with E-state index in [2.05, 4.69) is 20.4 Å². The van der Waals surface area contributed by atoms with Crippen molar-refractivity contribution >= 4 is 11.8 Å². The first-order valence-corrected chi connectivity index (χ1v) is 8.29. The molecule has 2 aliphatic rings. The Hall–Kier alpha value is -2.91. The van der Waals surface area contributed by atoms with Crippen molar-refractivity contribution in [3.8, 4) is 0 Å². The lowest BCUT2D eigenvalue weighted by molar-refractivity contribution is 0.0698. The zero-order valence-corrected chi connectivity index (χ0v) is 13.6. The van der Waals surface area contributed by atoms with Gasteiger partial charge in [-0.05, 0) is 25.7 Å². The van der Waals surface area contributed by atoms with Gasteiger partial charge in [0.1, 0.15) is 11.9 Å². The minimum Gasteiger partial charge on any atom is -0.346 e. The van der Waals surface area contributed by atoms with E-state index in [1.807, 2.05) is 0 Å². The number of nitrogens with one attached hydrogen (secondary N) is 1. The van der Waals surface area contributed by atoms with Gasteiger partial charge in [0.05, 0.1) is 6.20 Å². The molecule has 1 atom stereocenters. The van der Waals surface area contributed by atoms with Crippen LogP contribution < -0.4 is 5.32 Å². The average Bonchev–Trinajstić information content (AvgIpc) is 3.12. The molecule has 1 saturated heterocycles. The smallest absolute Gasteiger partial charge is 0.292 e. The van der Waals surface area contributed by atoms with E-state index in [-0.39, 0.29) is 17.8 Å². The third-order valence-corrected chi connectivity index (χ3v) is 4.37. The largest absolute Gasteiger partial charge is 0.346 e. The molecule has 0 radical (unpaired) electrons. The molecule has 2 amide bonds. The van der Waals surface area contributed by atoms with Gasteiger partial charge in [-0.15, -0.1) is 0 Å². The molecule has 10 heteroatoms. The Kier molecular flexibility index (Phi) is 4.09. The van der Waals surface area contributed by atoms with Crippen molar-refractivity contribution in [2.24, 2.45) is 0 Å². The fraction of sp³-hybridized carbons (Fsp3) is 0.438. The van der Waals surface area contributed by atoms with Crippen LogP contribution in [-0.4, -0.2) is 44.4 Å². The van der Waals surface area contributed by atoms with Crippen LogP contribution in [0.5, 0.6) is 0 Å². The number of aromatic nitrogens is 3. The maximum atomic E-state index is 13.9. The standard InChI is InChI=1S/C16H15F2N5O3/c17-8-6-10(18)12(19-7-8)16(25)23-5-1-2-11(23)15-21-13(22-26-15)14(24)20-9-3-4-9/h6-7,9,11H,1-5H2,(H,20,24). The molecule has 2 aromatic heterocycles. The number of halogens is 2. The summed E-state index contributed by atoms with van der Waals surface area (Å²) in [6.07, 6.45) is 3.81. The van der Waals surface area contributed by atoms with Crippen LogP contribution in [0, 0.1) is 11.6 Å². The van der Waals surface area contributed by atoms with Crippen molar-refractivity contribution in [2.45, 2.75) is 37.8 Å².